The molecule has 0 aliphatic carbocycles. The lowest BCUT2D eigenvalue weighted by atomic mass is 10.0. The molecule has 0 saturated heterocycles. The summed E-state index contributed by atoms with van der Waals surface area (Å²) in [5.74, 6) is -0.183. The number of carbonyl (C=O) groups excluding carboxylic acids is 1. The molecule has 0 fully saturated rings. The van der Waals surface area contributed by atoms with E-state index in [1.165, 1.54) is 21.6 Å². The first kappa shape index (κ1) is 15.3. The van der Waals surface area contributed by atoms with Crippen molar-refractivity contribution in [2.75, 3.05) is 13.2 Å². The van der Waals surface area contributed by atoms with Gasteiger partial charge in [0, 0.05) is 29.9 Å². The second kappa shape index (κ2) is 6.63. The van der Waals surface area contributed by atoms with Gasteiger partial charge in [0.05, 0.1) is 12.2 Å². The van der Waals surface area contributed by atoms with E-state index in [0.717, 1.165) is 31.6 Å². The van der Waals surface area contributed by atoms with E-state index in [4.69, 9.17) is 4.74 Å². The molecule has 22 heavy (non-hydrogen) atoms. The predicted molar refractivity (Wildman–Crippen MR) is 89.3 cm³/mol. The molecule has 0 amide bonds. The Bertz CT molecular complexity index is 660. The van der Waals surface area contributed by atoms with Gasteiger partial charge in [0.15, 0.2) is 0 Å². The van der Waals surface area contributed by atoms with Crippen molar-refractivity contribution in [3.63, 3.8) is 0 Å². The maximum Gasteiger partial charge on any atom is 0.339 e. The Hall–Kier alpha value is -1.65. The highest BCUT2D eigenvalue weighted by atomic mass is 32.1. The molecule has 1 aliphatic heterocycles. The van der Waals surface area contributed by atoms with Crippen molar-refractivity contribution >= 4 is 17.3 Å². The fraction of sp³-hybridized carbons (Fsp3) is 0.389. The highest BCUT2D eigenvalue weighted by Gasteiger charge is 2.24. The third-order valence-corrected chi connectivity index (χ3v) is 5.13. The molecule has 0 N–H and O–H groups in total. The lowest BCUT2D eigenvalue weighted by Crippen LogP contribution is -2.30. The molecule has 1 aromatic heterocycles. The summed E-state index contributed by atoms with van der Waals surface area (Å²) in [5.41, 5.74) is 4.53. The number of hydrogen-bond acceptors (Lipinski definition) is 4. The van der Waals surface area contributed by atoms with E-state index < -0.39 is 0 Å². The van der Waals surface area contributed by atoms with Crippen LogP contribution in [0.3, 0.4) is 0 Å². The van der Waals surface area contributed by atoms with Crippen LogP contribution in [0.2, 0.25) is 0 Å². The van der Waals surface area contributed by atoms with Crippen LogP contribution in [0.15, 0.2) is 29.6 Å². The zero-order valence-corrected chi connectivity index (χ0v) is 13.9. The normalized spacial score (nSPS) is 14.6. The molecule has 116 valence electrons. The van der Waals surface area contributed by atoms with Gasteiger partial charge < -0.3 is 4.74 Å². The minimum atomic E-state index is -0.183. The highest BCUT2D eigenvalue weighted by molar-refractivity contribution is 7.10. The van der Waals surface area contributed by atoms with Crippen LogP contribution in [-0.4, -0.2) is 24.0 Å². The maximum absolute atomic E-state index is 12.0. The number of benzene rings is 1. The van der Waals surface area contributed by atoms with Crippen molar-refractivity contribution in [3.8, 4) is 0 Å². The average molecular weight is 315 g/mol. The van der Waals surface area contributed by atoms with E-state index in [1.807, 2.05) is 12.3 Å². The van der Waals surface area contributed by atoms with Gasteiger partial charge in [-0.3, -0.25) is 4.90 Å². The monoisotopic (exact) mass is 315 g/mol. The van der Waals surface area contributed by atoms with Gasteiger partial charge in [-0.15, -0.1) is 11.3 Å². The lowest BCUT2D eigenvalue weighted by Gasteiger charge is -2.27. The number of carbonyl (C=O) groups is 1. The second-order valence-electron chi connectivity index (χ2n) is 5.72. The zero-order chi connectivity index (χ0) is 15.5. The summed E-state index contributed by atoms with van der Waals surface area (Å²) >= 11 is 1.69. The molecule has 4 heteroatoms. The van der Waals surface area contributed by atoms with Crippen molar-refractivity contribution in [2.45, 2.75) is 33.4 Å². The number of ether oxygens (including phenoxy) is 1. The number of thiophene rings is 1. The summed E-state index contributed by atoms with van der Waals surface area (Å²) < 4.78 is 5.17. The van der Waals surface area contributed by atoms with Crippen molar-refractivity contribution in [2.24, 2.45) is 0 Å². The summed E-state index contributed by atoms with van der Waals surface area (Å²) in [6.45, 7) is 7.19. The summed E-state index contributed by atoms with van der Waals surface area (Å²) in [6.07, 6.45) is 1.02. The summed E-state index contributed by atoms with van der Waals surface area (Å²) in [6, 6.07) is 8.67. The summed E-state index contributed by atoms with van der Waals surface area (Å²) in [4.78, 5) is 15.8. The number of aryl methyl sites for hydroxylation is 1. The number of esters is 1. The van der Waals surface area contributed by atoms with Gasteiger partial charge in [0.1, 0.15) is 0 Å². The van der Waals surface area contributed by atoms with E-state index >= 15 is 0 Å². The number of nitrogens with zero attached hydrogens (tertiary/aromatic N) is 1. The maximum atomic E-state index is 12.0. The molecule has 2 aromatic rings. The van der Waals surface area contributed by atoms with Gasteiger partial charge >= 0.3 is 5.97 Å². The zero-order valence-electron chi connectivity index (χ0n) is 13.1. The van der Waals surface area contributed by atoms with Gasteiger partial charge in [-0.1, -0.05) is 29.8 Å². The topological polar surface area (TPSA) is 29.5 Å². The molecule has 3 nitrogen and oxygen atoms in total. The molecule has 0 atom stereocenters. The SMILES string of the molecule is CCOC(=O)c1csc2c1CN(Cc1ccc(C)cc1)CC2. The molecular formula is C18H21NO2S. The second-order valence-corrected chi connectivity index (χ2v) is 6.68. The van der Waals surface area contributed by atoms with Gasteiger partial charge in [0.2, 0.25) is 0 Å². The first-order valence-electron chi connectivity index (χ1n) is 7.71. The third-order valence-electron chi connectivity index (χ3n) is 4.04. The molecule has 1 aliphatic rings. The van der Waals surface area contributed by atoms with Crippen molar-refractivity contribution in [1.82, 2.24) is 4.90 Å². The van der Waals surface area contributed by atoms with Gasteiger partial charge in [0.25, 0.3) is 0 Å². The first-order valence-corrected chi connectivity index (χ1v) is 8.59. The molecule has 2 heterocycles. The fourth-order valence-corrected chi connectivity index (χ4v) is 3.86. The Labute approximate surface area is 135 Å². The third kappa shape index (κ3) is 3.23. The van der Waals surface area contributed by atoms with Crippen LogP contribution in [0, 0.1) is 6.92 Å². The lowest BCUT2D eigenvalue weighted by molar-refractivity contribution is 0.0524. The molecule has 1 aromatic carbocycles. The summed E-state index contributed by atoms with van der Waals surface area (Å²) in [5, 5.41) is 1.96. The smallest absolute Gasteiger partial charge is 0.339 e. The van der Waals surface area contributed by atoms with E-state index in [-0.39, 0.29) is 5.97 Å². The van der Waals surface area contributed by atoms with Crippen LogP contribution in [0.5, 0.6) is 0 Å². The summed E-state index contributed by atoms with van der Waals surface area (Å²) in [7, 11) is 0. The quantitative estimate of drug-likeness (QED) is 0.804. The molecule has 0 unspecified atom stereocenters. The van der Waals surface area contributed by atoms with E-state index in [2.05, 4.69) is 36.1 Å². The van der Waals surface area contributed by atoms with E-state index in [9.17, 15) is 4.79 Å². The average Bonchev–Trinajstić information content (AvgIpc) is 2.93. The van der Waals surface area contributed by atoms with E-state index in [1.54, 1.807) is 11.3 Å². The molecule has 0 bridgehead atoms. The van der Waals surface area contributed by atoms with Gasteiger partial charge in [-0.2, -0.15) is 0 Å². The Morgan fingerprint density at radius 3 is 2.82 bits per heavy atom. The number of hydrogen-bond donors (Lipinski definition) is 0. The number of fused-ring (bicyclic) bond motifs is 1. The predicted octanol–water partition coefficient (Wildman–Crippen LogP) is 3.79. The standard InChI is InChI=1S/C18H21NO2S/c1-3-21-18(20)16-12-22-17-8-9-19(11-15(16)17)10-14-6-4-13(2)5-7-14/h4-7,12H,3,8-11H2,1-2H3. The Balaban J connectivity index is 1.73. The van der Waals surface area contributed by atoms with Crippen LogP contribution in [0.1, 0.15) is 38.8 Å². The van der Waals surface area contributed by atoms with Crippen LogP contribution < -0.4 is 0 Å². The molecular weight excluding hydrogens is 294 g/mol. The van der Waals surface area contributed by atoms with Crippen molar-refractivity contribution in [3.05, 3.63) is 56.8 Å². The Morgan fingerprint density at radius 1 is 1.32 bits per heavy atom. The van der Waals surface area contributed by atoms with Crippen molar-refractivity contribution in [1.29, 1.82) is 0 Å². The Morgan fingerprint density at radius 2 is 2.09 bits per heavy atom. The molecule has 3 rings (SSSR count). The van der Waals surface area contributed by atoms with Crippen LogP contribution in [0.4, 0.5) is 0 Å². The minimum Gasteiger partial charge on any atom is -0.462 e. The minimum absolute atomic E-state index is 0.183. The van der Waals surface area contributed by atoms with Crippen LogP contribution in [-0.2, 0) is 24.2 Å². The largest absolute Gasteiger partial charge is 0.462 e. The van der Waals surface area contributed by atoms with E-state index in [0.29, 0.717) is 6.61 Å². The fourth-order valence-electron chi connectivity index (χ4n) is 2.83. The molecule has 0 saturated carbocycles. The Kier molecular flexibility index (Phi) is 4.60. The molecule has 0 spiro atoms. The van der Waals surface area contributed by atoms with Gasteiger partial charge in [-0.25, -0.2) is 4.79 Å². The van der Waals surface area contributed by atoms with Crippen LogP contribution >= 0.6 is 11.3 Å². The van der Waals surface area contributed by atoms with Gasteiger partial charge in [-0.05, 0) is 31.4 Å². The number of rotatable bonds is 4. The highest BCUT2D eigenvalue weighted by Crippen LogP contribution is 2.30. The molecule has 0 radical (unpaired) electrons. The van der Waals surface area contributed by atoms with Crippen molar-refractivity contribution < 1.29 is 9.53 Å². The van der Waals surface area contributed by atoms with Crippen LogP contribution in [0.25, 0.3) is 0 Å². The first-order chi connectivity index (χ1) is 10.7.